The van der Waals surface area contributed by atoms with Crippen LogP contribution in [-0.4, -0.2) is 30.7 Å². The van der Waals surface area contributed by atoms with Crippen LogP contribution in [0.15, 0.2) is 23.0 Å². The number of nitro groups is 2. The Bertz CT molecular complexity index is 880. The van der Waals surface area contributed by atoms with Gasteiger partial charge < -0.3 is 5.11 Å². The number of rotatable bonds is 5. The Morgan fingerprint density at radius 3 is 2.48 bits per heavy atom. The summed E-state index contributed by atoms with van der Waals surface area (Å²) in [5.74, 6) is -1.23. The summed E-state index contributed by atoms with van der Waals surface area (Å²) in [6.45, 7) is 1.45. The summed E-state index contributed by atoms with van der Waals surface area (Å²) in [4.78, 5) is 43.2. The first-order valence-corrected chi connectivity index (χ1v) is 6.18. The molecule has 2 N–H and O–H groups in total. The Kier molecular flexibility index (Phi) is 3.94. The minimum Gasteiger partial charge on any atom is -0.481 e. The van der Waals surface area contributed by atoms with Gasteiger partial charge in [0.1, 0.15) is 5.69 Å². The number of H-pyrrole nitrogens is 1. The molecular formula is C12H10N4O7. The van der Waals surface area contributed by atoms with Crippen molar-refractivity contribution in [3.05, 3.63) is 60.0 Å². The lowest BCUT2D eigenvalue weighted by atomic mass is 10.2. The highest BCUT2D eigenvalue weighted by atomic mass is 16.6. The third kappa shape index (κ3) is 2.92. The van der Waals surface area contributed by atoms with Crippen molar-refractivity contribution >= 4 is 17.3 Å². The summed E-state index contributed by atoms with van der Waals surface area (Å²) < 4.78 is 0.801. The maximum Gasteiger partial charge on any atom is 0.308 e. The van der Waals surface area contributed by atoms with Crippen LogP contribution >= 0.6 is 0 Å². The number of aromatic amines is 1. The van der Waals surface area contributed by atoms with Gasteiger partial charge in [0.2, 0.25) is 0 Å². The maximum atomic E-state index is 12.2. The lowest BCUT2D eigenvalue weighted by molar-refractivity contribution is -0.394. The molecule has 0 saturated heterocycles. The average molecular weight is 322 g/mol. The van der Waals surface area contributed by atoms with Gasteiger partial charge in [0.15, 0.2) is 0 Å². The van der Waals surface area contributed by atoms with Gasteiger partial charge in [0, 0.05) is 11.8 Å². The number of hydrogen-bond donors (Lipinski definition) is 2. The van der Waals surface area contributed by atoms with Crippen LogP contribution in [0, 0.1) is 27.2 Å². The van der Waals surface area contributed by atoms with Gasteiger partial charge in [-0.05, 0) is 13.0 Å². The third-order valence-corrected chi connectivity index (χ3v) is 3.13. The van der Waals surface area contributed by atoms with E-state index in [2.05, 4.69) is 5.10 Å². The van der Waals surface area contributed by atoms with E-state index in [4.69, 9.17) is 5.11 Å². The van der Waals surface area contributed by atoms with Gasteiger partial charge >= 0.3 is 11.7 Å². The van der Waals surface area contributed by atoms with E-state index in [1.165, 1.54) is 6.92 Å². The maximum absolute atomic E-state index is 12.2. The molecule has 2 aromatic rings. The predicted molar refractivity (Wildman–Crippen MR) is 75.8 cm³/mol. The second-order valence-corrected chi connectivity index (χ2v) is 4.61. The second-order valence-electron chi connectivity index (χ2n) is 4.61. The number of aryl methyl sites for hydroxylation is 1. The van der Waals surface area contributed by atoms with Crippen LogP contribution in [-0.2, 0) is 11.2 Å². The lowest BCUT2D eigenvalue weighted by Gasteiger charge is -2.03. The van der Waals surface area contributed by atoms with E-state index in [0.717, 1.165) is 22.9 Å². The number of aromatic nitrogens is 2. The fraction of sp³-hybridized carbons (Fsp3) is 0.167. The second kappa shape index (κ2) is 5.71. The van der Waals surface area contributed by atoms with Crippen LogP contribution in [0.2, 0.25) is 0 Å². The van der Waals surface area contributed by atoms with E-state index in [1.807, 2.05) is 0 Å². The standard InChI is InChI=1S/C12H10N4O7/c1-6-8(5-11(17)18)12(19)14(13-6)9-3-2-7(15(20)21)4-10(9)16(22)23/h2-4,13H,5H2,1H3,(H,17,18). The number of aliphatic carboxylic acids is 1. The topological polar surface area (TPSA) is 161 Å². The molecule has 23 heavy (non-hydrogen) atoms. The number of nitro benzene ring substituents is 2. The summed E-state index contributed by atoms with van der Waals surface area (Å²) in [6.07, 6.45) is -0.547. The van der Waals surface area contributed by atoms with Crippen LogP contribution in [0.1, 0.15) is 11.3 Å². The number of carboxylic acids is 1. The van der Waals surface area contributed by atoms with Crippen molar-refractivity contribution in [2.24, 2.45) is 0 Å². The summed E-state index contributed by atoms with van der Waals surface area (Å²) in [6, 6.07) is 2.80. The largest absolute Gasteiger partial charge is 0.481 e. The highest BCUT2D eigenvalue weighted by Crippen LogP contribution is 2.26. The molecule has 120 valence electrons. The van der Waals surface area contributed by atoms with Crippen molar-refractivity contribution in [3.63, 3.8) is 0 Å². The molecule has 0 unspecified atom stereocenters. The molecule has 1 aromatic heterocycles. The van der Waals surface area contributed by atoms with Crippen molar-refractivity contribution in [1.82, 2.24) is 9.78 Å². The average Bonchev–Trinajstić information content (AvgIpc) is 2.74. The number of non-ortho nitro benzene ring substituents is 1. The van der Waals surface area contributed by atoms with Crippen LogP contribution in [0.5, 0.6) is 0 Å². The van der Waals surface area contributed by atoms with Gasteiger partial charge in [-0.1, -0.05) is 0 Å². The molecule has 0 bridgehead atoms. The number of benzene rings is 1. The molecular weight excluding hydrogens is 312 g/mol. The molecule has 0 aliphatic carbocycles. The quantitative estimate of drug-likeness (QED) is 0.610. The zero-order valence-electron chi connectivity index (χ0n) is 11.7. The molecule has 1 aromatic carbocycles. The van der Waals surface area contributed by atoms with Gasteiger partial charge in [-0.2, -0.15) is 0 Å². The Hall–Kier alpha value is -3.50. The van der Waals surface area contributed by atoms with Crippen molar-refractivity contribution < 1.29 is 19.7 Å². The zero-order valence-corrected chi connectivity index (χ0v) is 11.7. The number of nitrogens with one attached hydrogen (secondary N) is 1. The molecule has 0 amide bonds. The fourth-order valence-electron chi connectivity index (χ4n) is 2.07. The normalized spacial score (nSPS) is 10.5. The van der Waals surface area contributed by atoms with E-state index in [-0.39, 0.29) is 16.9 Å². The van der Waals surface area contributed by atoms with Crippen LogP contribution in [0.4, 0.5) is 11.4 Å². The monoisotopic (exact) mass is 322 g/mol. The van der Waals surface area contributed by atoms with E-state index in [9.17, 15) is 29.8 Å². The van der Waals surface area contributed by atoms with Crippen molar-refractivity contribution in [2.45, 2.75) is 13.3 Å². The number of carboxylic acid groups (broad SMARTS) is 1. The highest BCUT2D eigenvalue weighted by Gasteiger charge is 2.24. The number of carbonyl (C=O) groups is 1. The smallest absolute Gasteiger partial charge is 0.308 e. The summed E-state index contributed by atoms with van der Waals surface area (Å²) >= 11 is 0. The number of nitrogens with zero attached hydrogens (tertiary/aromatic N) is 3. The van der Waals surface area contributed by atoms with E-state index < -0.39 is 39.2 Å². The van der Waals surface area contributed by atoms with Crippen LogP contribution in [0.3, 0.4) is 0 Å². The van der Waals surface area contributed by atoms with E-state index >= 15 is 0 Å². The minimum atomic E-state index is -1.23. The summed E-state index contributed by atoms with van der Waals surface area (Å²) in [5, 5.41) is 33.2. The van der Waals surface area contributed by atoms with Gasteiger partial charge in [0.25, 0.3) is 11.2 Å². The van der Waals surface area contributed by atoms with Gasteiger partial charge in [-0.3, -0.25) is 34.9 Å². The molecule has 11 heteroatoms. The first-order valence-electron chi connectivity index (χ1n) is 6.18. The first-order chi connectivity index (χ1) is 10.7. The molecule has 0 aliphatic heterocycles. The summed E-state index contributed by atoms with van der Waals surface area (Å²) in [7, 11) is 0. The molecule has 0 aliphatic rings. The molecule has 11 nitrogen and oxygen atoms in total. The summed E-state index contributed by atoms with van der Waals surface area (Å²) in [5.41, 5.74) is -1.94. The predicted octanol–water partition coefficient (Wildman–Crippen LogP) is 0.918. The SMILES string of the molecule is Cc1[nH]n(-c2ccc([N+](=O)[O-])cc2[N+](=O)[O-])c(=O)c1CC(=O)O. The highest BCUT2D eigenvalue weighted by molar-refractivity contribution is 5.70. The first kappa shape index (κ1) is 15.9. The number of hydrogen-bond acceptors (Lipinski definition) is 6. The Balaban J connectivity index is 2.68. The minimum absolute atomic E-state index is 0.0508. The Morgan fingerprint density at radius 2 is 1.96 bits per heavy atom. The van der Waals surface area contributed by atoms with Gasteiger partial charge in [0.05, 0.1) is 27.9 Å². The lowest BCUT2D eigenvalue weighted by Crippen LogP contribution is -2.20. The van der Waals surface area contributed by atoms with E-state index in [1.54, 1.807) is 0 Å². The molecule has 0 atom stereocenters. The Labute approximate surface area is 127 Å². The molecule has 1 heterocycles. The van der Waals surface area contributed by atoms with Crippen molar-refractivity contribution in [2.75, 3.05) is 0 Å². The van der Waals surface area contributed by atoms with Crippen molar-refractivity contribution in [3.8, 4) is 5.69 Å². The van der Waals surface area contributed by atoms with Crippen LogP contribution < -0.4 is 5.56 Å². The van der Waals surface area contributed by atoms with E-state index in [0.29, 0.717) is 0 Å². The Morgan fingerprint density at radius 1 is 1.30 bits per heavy atom. The van der Waals surface area contributed by atoms with Gasteiger partial charge in [-0.15, -0.1) is 0 Å². The molecule has 0 radical (unpaired) electrons. The zero-order chi connectivity index (χ0) is 17.3. The van der Waals surface area contributed by atoms with Gasteiger partial charge in [-0.25, -0.2) is 4.68 Å². The van der Waals surface area contributed by atoms with Crippen LogP contribution in [0.25, 0.3) is 5.69 Å². The molecule has 0 fully saturated rings. The van der Waals surface area contributed by atoms with Crippen molar-refractivity contribution in [1.29, 1.82) is 0 Å². The molecule has 0 saturated carbocycles. The third-order valence-electron chi connectivity index (χ3n) is 3.13. The molecule has 2 rings (SSSR count). The fourth-order valence-corrected chi connectivity index (χ4v) is 2.07. The molecule has 0 spiro atoms.